The molecule has 0 atom stereocenters. The molecule has 0 saturated heterocycles. The fraction of sp³-hybridized carbons (Fsp3) is 0.545. The Morgan fingerprint density at radius 2 is 2.00 bits per heavy atom. The highest BCUT2D eigenvalue weighted by atomic mass is 32.2. The lowest BCUT2D eigenvalue weighted by atomic mass is 10.3. The smallest absolute Gasteiger partial charge is 0.349 e. The Morgan fingerprint density at radius 3 is 2.47 bits per heavy atom. The largest absolute Gasteiger partial charge is 0.435 e. The minimum absolute atomic E-state index is 0.0269. The molecule has 0 bridgehead atoms. The van der Waals surface area contributed by atoms with Gasteiger partial charge < -0.3 is 4.90 Å². The number of carbonyl (C=O) groups is 1. The molecule has 0 aliphatic rings. The van der Waals surface area contributed by atoms with Gasteiger partial charge in [0.2, 0.25) is 5.91 Å². The first-order valence-corrected chi connectivity index (χ1v) is 6.53. The van der Waals surface area contributed by atoms with Crippen LogP contribution >= 0.6 is 11.8 Å². The number of hydrogen-bond donors (Lipinski definition) is 0. The van der Waals surface area contributed by atoms with Crippen molar-refractivity contribution >= 4 is 17.7 Å². The maximum Gasteiger partial charge on any atom is 0.435 e. The van der Waals surface area contributed by atoms with E-state index >= 15 is 0 Å². The van der Waals surface area contributed by atoms with Crippen LogP contribution in [0.3, 0.4) is 0 Å². The molecule has 4 nitrogen and oxygen atoms in total. The van der Waals surface area contributed by atoms with Gasteiger partial charge in [-0.25, -0.2) is 0 Å². The molecule has 1 rings (SSSR count). The first-order chi connectivity index (χ1) is 8.80. The van der Waals surface area contributed by atoms with Crippen molar-refractivity contribution in [1.29, 1.82) is 0 Å². The number of aromatic nitrogens is 2. The third kappa shape index (κ3) is 5.46. The number of amides is 1. The van der Waals surface area contributed by atoms with Gasteiger partial charge in [0, 0.05) is 26.3 Å². The molecule has 19 heavy (non-hydrogen) atoms. The van der Waals surface area contributed by atoms with Crippen LogP contribution in [0.2, 0.25) is 0 Å². The number of nitrogens with zero attached hydrogens (tertiary/aromatic N) is 3. The minimum Gasteiger partial charge on any atom is -0.349 e. The molecule has 0 spiro atoms. The Bertz CT molecular complexity index is 420. The van der Waals surface area contributed by atoms with Crippen LogP contribution in [0.15, 0.2) is 17.2 Å². The summed E-state index contributed by atoms with van der Waals surface area (Å²) in [6.07, 6.45) is -3.41. The molecule has 1 amide bonds. The molecular formula is C11H14F3N3OS. The zero-order chi connectivity index (χ0) is 14.5. The summed E-state index contributed by atoms with van der Waals surface area (Å²) >= 11 is 1.28. The molecule has 0 aromatic carbocycles. The predicted molar refractivity (Wildman–Crippen MR) is 65.7 cm³/mol. The van der Waals surface area contributed by atoms with Gasteiger partial charge in [0.15, 0.2) is 5.69 Å². The van der Waals surface area contributed by atoms with Crippen molar-refractivity contribution in [2.45, 2.75) is 24.0 Å². The third-order valence-electron chi connectivity index (χ3n) is 2.21. The average molecular weight is 293 g/mol. The van der Waals surface area contributed by atoms with Crippen molar-refractivity contribution in [1.82, 2.24) is 15.1 Å². The maximum atomic E-state index is 12.2. The Balaban J connectivity index is 2.37. The van der Waals surface area contributed by atoms with Crippen LogP contribution in [-0.4, -0.2) is 40.9 Å². The van der Waals surface area contributed by atoms with E-state index < -0.39 is 11.9 Å². The zero-order valence-electron chi connectivity index (χ0n) is 10.6. The lowest BCUT2D eigenvalue weighted by Crippen LogP contribution is -2.21. The van der Waals surface area contributed by atoms with Crippen molar-refractivity contribution in [2.24, 2.45) is 0 Å². The molecule has 0 fully saturated rings. The normalized spacial score (nSPS) is 11.4. The first-order valence-electron chi connectivity index (χ1n) is 5.54. The Labute approximate surface area is 113 Å². The summed E-state index contributed by atoms with van der Waals surface area (Å²) in [5, 5.41) is 7.04. The Morgan fingerprint density at radius 1 is 1.32 bits per heavy atom. The van der Waals surface area contributed by atoms with Gasteiger partial charge in [-0.3, -0.25) is 4.79 Å². The highest BCUT2D eigenvalue weighted by Crippen LogP contribution is 2.27. The van der Waals surface area contributed by atoms with Crippen molar-refractivity contribution in [3.8, 4) is 0 Å². The van der Waals surface area contributed by atoms with Crippen molar-refractivity contribution in [3.05, 3.63) is 17.8 Å². The molecule has 106 valence electrons. The summed E-state index contributed by atoms with van der Waals surface area (Å²) in [4.78, 5) is 12.8. The van der Waals surface area contributed by atoms with Gasteiger partial charge in [0.25, 0.3) is 0 Å². The maximum absolute atomic E-state index is 12.2. The first kappa shape index (κ1) is 15.7. The Hall–Kier alpha value is -1.31. The number of rotatable bonds is 5. The van der Waals surface area contributed by atoms with E-state index in [1.165, 1.54) is 22.7 Å². The molecule has 1 aromatic rings. The standard InChI is InChI=1S/C11H14F3N3OS/c1-17(2)10(18)4-3-7-19-9-6-5-8(15-16-9)11(12,13)14/h5-6H,3-4,7H2,1-2H3. The molecule has 0 N–H and O–H groups in total. The predicted octanol–water partition coefficient (Wildman–Crippen LogP) is 2.46. The number of alkyl halides is 3. The van der Waals surface area contributed by atoms with E-state index in [0.29, 0.717) is 23.6 Å². The molecule has 0 unspecified atom stereocenters. The number of halogens is 3. The van der Waals surface area contributed by atoms with E-state index in [9.17, 15) is 18.0 Å². The summed E-state index contributed by atoms with van der Waals surface area (Å²) in [6.45, 7) is 0. The van der Waals surface area contributed by atoms with Gasteiger partial charge in [0.05, 0.1) is 0 Å². The van der Waals surface area contributed by atoms with Gasteiger partial charge in [-0.1, -0.05) is 0 Å². The molecular weight excluding hydrogens is 279 g/mol. The fourth-order valence-electron chi connectivity index (χ4n) is 1.17. The van der Waals surface area contributed by atoms with Crippen LogP contribution in [0, 0.1) is 0 Å². The summed E-state index contributed by atoms with van der Waals surface area (Å²) < 4.78 is 36.7. The number of hydrogen-bond acceptors (Lipinski definition) is 4. The summed E-state index contributed by atoms with van der Waals surface area (Å²) in [5.41, 5.74) is -1.00. The van der Waals surface area contributed by atoms with Gasteiger partial charge in [-0.15, -0.1) is 22.0 Å². The van der Waals surface area contributed by atoms with Gasteiger partial charge >= 0.3 is 6.18 Å². The quantitative estimate of drug-likeness (QED) is 0.618. The molecule has 8 heteroatoms. The minimum atomic E-state index is -4.46. The van der Waals surface area contributed by atoms with E-state index in [0.717, 1.165) is 6.07 Å². The SMILES string of the molecule is CN(C)C(=O)CCCSc1ccc(C(F)(F)F)nn1. The van der Waals surface area contributed by atoms with Crippen LogP contribution in [0.4, 0.5) is 13.2 Å². The number of thioether (sulfide) groups is 1. The monoisotopic (exact) mass is 293 g/mol. The van der Waals surface area contributed by atoms with Gasteiger partial charge in [-0.2, -0.15) is 13.2 Å². The Kier molecular flexibility index (Phi) is 5.59. The summed E-state index contributed by atoms with van der Waals surface area (Å²) in [6, 6.07) is 2.19. The topological polar surface area (TPSA) is 46.1 Å². The summed E-state index contributed by atoms with van der Waals surface area (Å²) in [5.74, 6) is 0.638. The highest BCUT2D eigenvalue weighted by Gasteiger charge is 2.32. The van der Waals surface area contributed by atoms with Crippen LogP contribution in [0.1, 0.15) is 18.5 Å². The van der Waals surface area contributed by atoms with E-state index in [1.807, 2.05) is 0 Å². The molecule has 0 aliphatic heterocycles. The van der Waals surface area contributed by atoms with E-state index in [-0.39, 0.29) is 5.91 Å². The van der Waals surface area contributed by atoms with Gasteiger partial charge in [0.1, 0.15) is 5.03 Å². The number of carbonyl (C=O) groups excluding carboxylic acids is 1. The van der Waals surface area contributed by atoms with E-state index in [4.69, 9.17) is 0 Å². The van der Waals surface area contributed by atoms with Crippen LogP contribution in [0.5, 0.6) is 0 Å². The second-order valence-corrected chi connectivity index (χ2v) is 5.11. The van der Waals surface area contributed by atoms with Crippen LogP contribution in [-0.2, 0) is 11.0 Å². The molecule has 0 saturated carbocycles. The van der Waals surface area contributed by atoms with E-state index in [2.05, 4.69) is 10.2 Å². The van der Waals surface area contributed by atoms with Crippen LogP contribution in [0.25, 0.3) is 0 Å². The van der Waals surface area contributed by atoms with Crippen molar-refractivity contribution in [3.63, 3.8) is 0 Å². The molecule has 0 radical (unpaired) electrons. The lowest BCUT2D eigenvalue weighted by molar-refractivity contribution is -0.141. The van der Waals surface area contributed by atoms with E-state index in [1.54, 1.807) is 14.1 Å². The fourth-order valence-corrected chi connectivity index (χ4v) is 1.93. The summed E-state index contributed by atoms with van der Waals surface area (Å²) in [7, 11) is 3.35. The second-order valence-electron chi connectivity index (χ2n) is 3.99. The molecule has 0 aliphatic carbocycles. The average Bonchev–Trinajstić information content (AvgIpc) is 2.33. The lowest BCUT2D eigenvalue weighted by Gasteiger charge is -2.09. The van der Waals surface area contributed by atoms with Gasteiger partial charge in [-0.05, 0) is 18.6 Å². The zero-order valence-corrected chi connectivity index (χ0v) is 11.4. The third-order valence-corrected chi connectivity index (χ3v) is 3.22. The van der Waals surface area contributed by atoms with Crippen molar-refractivity contribution < 1.29 is 18.0 Å². The molecule has 1 aromatic heterocycles. The van der Waals surface area contributed by atoms with Crippen molar-refractivity contribution in [2.75, 3.05) is 19.8 Å². The molecule has 1 heterocycles. The second kappa shape index (κ2) is 6.74. The van der Waals surface area contributed by atoms with Crippen LogP contribution < -0.4 is 0 Å². The highest BCUT2D eigenvalue weighted by molar-refractivity contribution is 7.99.